The molecule has 0 aliphatic heterocycles. The van der Waals surface area contributed by atoms with Crippen LogP contribution >= 0.6 is 12.2 Å². The molecule has 2 aromatic rings. The summed E-state index contributed by atoms with van der Waals surface area (Å²) in [5.41, 5.74) is 2.02. The topological polar surface area (TPSA) is 86.5 Å². The van der Waals surface area contributed by atoms with Gasteiger partial charge in [0.2, 0.25) is 5.91 Å². The van der Waals surface area contributed by atoms with Gasteiger partial charge in [-0.05, 0) is 25.6 Å². The van der Waals surface area contributed by atoms with Crippen LogP contribution in [0.5, 0.6) is 0 Å². The average molecular weight is 329 g/mol. The van der Waals surface area contributed by atoms with Gasteiger partial charge in [-0.1, -0.05) is 43.2 Å². The Kier molecular flexibility index (Phi) is 5.66. The summed E-state index contributed by atoms with van der Waals surface area (Å²) < 4.78 is 2.01. The average Bonchev–Trinajstić information content (AvgIpc) is 2.89. The van der Waals surface area contributed by atoms with Crippen molar-refractivity contribution in [1.82, 2.24) is 20.1 Å². The molecule has 7 heteroatoms. The second-order valence-corrected chi connectivity index (χ2v) is 5.73. The Labute approximate surface area is 140 Å². The largest absolute Gasteiger partial charge is 0.339 e. The molecule has 0 aliphatic carbocycles. The van der Waals surface area contributed by atoms with Gasteiger partial charge in [0, 0.05) is 5.56 Å². The Hall–Kier alpha value is -2.46. The van der Waals surface area contributed by atoms with Gasteiger partial charge in [0.15, 0.2) is 10.6 Å². The first-order chi connectivity index (χ1) is 11.0. The van der Waals surface area contributed by atoms with Crippen molar-refractivity contribution >= 4 is 18.1 Å². The van der Waals surface area contributed by atoms with E-state index in [1.165, 1.54) is 0 Å². The van der Waals surface area contributed by atoms with Crippen molar-refractivity contribution in [2.24, 2.45) is 0 Å². The molecule has 0 saturated heterocycles. The van der Waals surface area contributed by atoms with Crippen LogP contribution in [0.4, 0.5) is 0 Å². The maximum absolute atomic E-state index is 12.2. The SMILES string of the molecule is CCC[C@@H](C#N)NC(=O)Cn1c(-c2ccc(C)cc2)n[nH]c1=S. The van der Waals surface area contributed by atoms with Crippen LogP contribution in [0.3, 0.4) is 0 Å². The zero-order valence-corrected chi connectivity index (χ0v) is 14.0. The number of benzene rings is 1. The summed E-state index contributed by atoms with van der Waals surface area (Å²) in [4.78, 5) is 12.2. The van der Waals surface area contributed by atoms with E-state index in [2.05, 4.69) is 21.6 Å². The summed E-state index contributed by atoms with van der Waals surface area (Å²) in [5, 5.41) is 18.7. The van der Waals surface area contributed by atoms with Crippen LogP contribution in [0.2, 0.25) is 0 Å². The van der Waals surface area contributed by atoms with Crippen molar-refractivity contribution in [3.63, 3.8) is 0 Å². The highest BCUT2D eigenvalue weighted by Crippen LogP contribution is 2.17. The fraction of sp³-hybridized carbons (Fsp3) is 0.375. The minimum absolute atomic E-state index is 0.0282. The number of carbonyl (C=O) groups is 1. The molecule has 6 nitrogen and oxygen atoms in total. The smallest absolute Gasteiger partial charge is 0.241 e. The van der Waals surface area contributed by atoms with Gasteiger partial charge in [0.25, 0.3) is 0 Å². The summed E-state index contributed by atoms with van der Waals surface area (Å²) >= 11 is 5.21. The van der Waals surface area contributed by atoms with Crippen molar-refractivity contribution in [1.29, 1.82) is 5.26 Å². The number of nitrogens with one attached hydrogen (secondary N) is 2. The van der Waals surface area contributed by atoms with E-state index in [4.69, 9.17) is 17.5 Å². The highest BCUT2D eigenvalue weighted by atomic mass is 32.1. The van der Waals surface area contributed by atoms with Gasteiger partial charge in [0.1, 0.15) is 12.6 Å². The maximum atomic E-state index is 12.2. The lowest BCUT2D eigenvalue weighted by Crippen LogP contribution is -2.36. The lowest BCUT2D eigenvalue weighted by Gasteiger charge is -2.12. The molecule has 0 aliphatic rings. The molecule has 120 valence electrons. The third-order valence-electron chi connectivity index (χ3n) is 3.44. The van der Waals surface area contributed by atoms with Crippen LogP contribution < -0.4 is 5.32 Å². The Morgan fingerprint density at radius 1 is 1.48 bits per heavy atom. The molecule has 1 heterocycles. The molecule has 23 heavy (non-hydrogen) atoms. The molecule has 0 saturated carbocycles. The first-order valence-electron chi connectivity index (χ1n) is 7.46. The molecular formula is C16H19N5OS. The number of amides is 1. The number of aromatic nitrogens is 3. The van der Waals surface area contributed by atoms with E-state index in [0.29, 0.717) is 17.0 Å². The molecule has 1 aromatic carbocycles. The van der Waals surface area contributed by atoms with E-state index in [1.807, 2.05) is 38.1 Å². The fourth-order valence-electron chi connectivity index (χ4n) is 2.23. The van der Waals surface area contributed by atoms with Crippen molar-refractivity contribution in [2.45, 2.75) is 39.3 Å². The first-order valence-corrected chi connectivity index (χ1v) is 7.87. The molecule has 0 unspecified atom stereocenters. The van der Waals surface area contributed by atoms with Crippen LogP contribution in [0.1, 0.15) is 25.3 Å². The molecule has 0 fully saturated rings. The maximum Gasteiger partial charge on any atom is 0.241 e. The summed E-state index contributed by atoms with van der Waals surface area (Å²) in [6, 6.07) is 9.44. The van der Waals surface area contributed by atoms with E-state index in [-0.39, 0.29) is 12.5 Å². The van der Waals surface area contributed by atoms with E-state index in [0.717, 1.165) is 17.5 Å². The molecule has 1 aromatic heterocycles. The standard InChI is InChI=1S/C16H19N5OS/c1-3-4-13(9-17)18-14(22)10-21-15(19-20-16(21)23)12-7-5-11(2)6-8-12/h5-8,13H,3-4,10H2,1-2H3,(H,18,22)(H,20,23)/t13-/m0/s1. The summed E-state index contributed by atoms with van der Waals surface area (Å²) in [7, 11) is 0. The molecule has 0 radical (unpaired) electrons. The number of nitriles is 1. The molecule has 1 amide bonds. The lowest BCUT2D eigenvalue weighted by atomic mass is 10.1. The Balaban J connectivity index is 2.19. The summed E-state index contributed by atoms with van der Waals surface area (Å²) in [6.07, 6.45) is 1.46. The van der Waals surface area contributed by atoms with Gasteiger partial charge in [-0.2, -0.15) is 10.4 Å². The van der Waals surface area contributed by atoms with Gasteiger partial charge in [-0.15, -0.1) is 0 Å². The second-order valence-electron chi connectivity index (χ2n) is 5.34. The van der Waals surface area contributed by atoms with E-state index in [1.54, 1.807) is 4.57 Å². The van der Waals surface area contributed by atoms with Gasteiger partial charge >= 0.3 is 0 Å². The molecule has 0 spiro atoms. The fourth-order valence-corrected chi connectivity index (χ4v) is 2.43. The van der Waals surface area contributed by atoms with E-state index in [9.17, 15) is 4.79 Å². The zero-order valence-electron chi connectivity index (χ0n) is 13.2. The molecular weight excluding hydrogens is 310 g/mol. The van der Waals surface area contributed by atoms with Crippen LogP contribution in [-0.2, 0) is 11.3 Å². The lowest BCUT2D eigenvalue weighted by molar-refractivity contribution is -0.122. The number of H-pyrrole nitrogens is 1. The number of hydrogen-bond donors (Lipinski definition) is 2. The quantitative estimate of drug-likeness (QED) is 0.798. The number of rotatable bonds is 6. The third kappa shape index (κ3) is 4.27. The number of aromatic amines is 1. The minimum atomic E-state index is -0.476. The van der Waals surface area contributed by atoms with Gasteiger partial charge in [0.05, 0.1) is 6.07 Å². The Morgan fingerprint density at radius 2 is 2.17 bits per heavy atom. The molecule has 2 rings (SSSR count). The van der Waals surface area contributed by atoms with Crippen LogP contribution in [-0.4, -0.2) is 26.7 Å². The number of nitrogens with zero attached hydrogens (tertiary/aromatic N) is 3. The van der Waals surface area contributed by atoms with E-state index < -0.39 is 6.04 Å². The highest BCUT2D eigenvalue weighted by Gasteiger charge is 2.15. The van der Waals surface area contributed by atoms with Crippen LogP contribution in [0.25, 0.3) is 11.4 Å². The van der Waals surface area contributed by atoms with Crippen molar-refractivity contribution < 1.29 is 4.79 Å². The third-order valence-corrected chi connectivity index (χ3v) is 3.75. The minimum Gasteiger partial charge on any atom is -0.339 e. The Morgan fingerprint density at radius 3 is 2.78 bits per heavy atom. The second kappa shape index (κ2) is 7.70. The van der Waals surface area contributed by atoms with Gasteiger partial charge in [-0.3, -0.25) is 14.5 Å². The summed E-state index contributed by atoms with van der Waals surface area (Å²) in [6.45, 7) is 4.00. The number of aryl methyl sites for hydroxylation is 1. The Bertz CT molecular complexity index is 769. The predicted octanol–water partition coefficient (Wildman–Crippen LogP) is 2.72. The van der Waals surface area contributed by atoms with Crippen molar-refractivity contribution in [3.05, 3.63) is 34.6 Å². The van der Waals surface area contributed by atoms with Gasteiger partial charge in [-0.25, -0.2) is 0 Å². The normalized spacial score (nSPS) is 11.7. The van der Waals surface area contributed by atoms with Crippen molar-refractivity contribution in [2.75, 3.05) is 0 Å². The summed E-state index contributed by atoms with van der Waals surface area (Å²) in [5.74, 6) is 0.352. The molecule has 0 bridgehead atoms. The number of carbonyl (C=O) groups excluding carboxylic acids is 1. The highest BCUT2D eigenvalue weighted by molar-refractivity contribution is 7.71. The molecule has 2 N–H and O–H groups in total. The molecule has 1 atom stereocenters. The monoisotopic (exact) mass is 329 g/mol. The predicted molar refractivity (Wildman–Crippen MR) is 90.0 cm³/mol. The first kappa shape index (κ1) is 16.9. The van der Waals surface area contributed by atoms with Crippen molar-refractivity contribution in [3.8, 4) is 17.5 Å². The number of hydrogen-bond acceptors (Lipinski definition) is 4. The van der Waals surface area contributed by atoms with Crippen LogP contribution in [0.15, 0.2) is 24.3 Å². The van der Waals surface area contributed by atoms with E-state index >= 15 is 0 Å². The zero-order chi connectivity index (χ0) is 16.8. The van der Waals surface area contributed by atoms with Crippen LogP contribution in [0, 0.1) is 23.0 Å². The van der Waals surface area contributed by atoms with Gasteiger partial charge < -0.3 is 5.32 Å².